The maximum absolute atomic E-state index is 11.5. The number of aromatic amines is 1. The van der Waals surface area contributed by atoms with E-state index in [2.05, 4.69) is 10.5 Å². The van der Waals surface area contributed by atoms with Gasteiger partial charge in [-0.2, -0.15) is 0 Å². The summed E-state index contributed by atoms with van der Waals surface area (Å²) in [5.41, 5.74) is 3.62. The zero-order valence-corrected chi connectivity index (χ0v) is 9.72. The van der Waals surface area contributed by atoms with Crippen molar-refractivity contribution in [1.29, 1.82) is 0 Å². The third-order valence-electron chi connectivity index (χ3n) is 2.28. The number of hydrogen-bond acceptors (Lipinski definition) is 3. The lowest BCUT2D eigenvalue weighted by Crippen LogP contribution is -2.30. The summed E-state index contributed by atoms with van der Waals surface area (Å²) in [6.07, 6.45) is 0.761. The number of carbonyl (C=O) groups excluding carboxylic acids is 1. The lowest BCUT2D eigenvalue weighted by Gasteiger charge is -2.06. The fourth-order valence-electron chi connectivity index (χ4n) is 1.39. The minimum atomic E-state index is -0.516. The van der Waals surface area contributed by atoms with Crippen molar-refractivity contribution >= 4 is 5.91 Å². The number of aryl methyl sites for hydroxylation is 2. The molecule has 16 heavy (non-hydrogen) atoms. The molecular formula is C11H16N2O3. The molecule has 0 aliphatic heterocycles. The van der Waals surface area contributed by atoms with Gasteiger partial charge in [0.15, 0.2) is 0 Å². The van der Waals surface area contributed by atoms with Gasteiger partial charge in [0.25, 0.3) is 11.5 Å². The summed E-state index contributed by atoms with van der Waals surface area (Å²) in [6.45, 7) is 5.88. The van der Waals surface area contributed by atoms with Gasteiger partial charge in [0.1, 0.15) is 5.56 Å². The molecule has 2 N–H and O–H groups in total. The zero-order valence-electron chi connectivity index (χ0n) is 9.72. The summed E-state index contributed by atoms with van der Waals surface area (Å²) >= 11 is 0. The van der Waals surface area contributed by atoms with Gasteiger partial charge in [-0.05, 0) is 31.9 Å². The molecular weight excluding hydrogens is 208 g/mol. The molecule has 0 unspecified atom stereocenters. The molecule has 1 aromatic rings. The number of H-pyrrole nitrogens is 1. The van der Waals surface area contributed by atoms with Crippen LogP contribution in [-0.4, -0.2) is 17.5 Å². The normalized spacial score (nSPS) is 10.2. The van der Waals surface area contributed by atoms with Crippen molar-refractivity contribution < 1.29 is 9.63 Å². The zero-order chi connectivity index (χ0) is 12.1. The van der Waals surface area contributed by atoms with Gasteiger partial charge in [0.05, 0.1) is 6.61 Å². The van der Waals surface area contributed by atoms with Crippen molar-refractivity contribution in [2.45, 2.75) is 27.2 Å². The van der Waals surface area contributed by atoms with Crippen LogP contribution in [0, 0.1) is 6.92 Å². The van der Waals surface area contributed by atoms with Crippen LogP contribution in [0.3, 0.4) is 0 Å². The molecule has 0 fully saturated rings. The van der Waals surface area contributed by atoms with Crippen molar-refractivity contribution in [3.05, 3.63) is 33.2 Å². The van der Waals surface area contributed by atoms with E-state index in [1.54, 1.807) is 13.0 Å². The molecule has 0 radical (unpaired) electrons. The smallest absolute Gasteiger partial charge is 0.280 e. The van der Waals surface area contributed by atoms with Crippen LogP contribution in [0.15, 0.2) is 10.9 Å². The Labute approximate surface area is 93.8 Å². The second kappa shape index (κ2) is 5.46. The first-order valence-corrected chi connectivity index (χ1v) is 5.25. The van der Waals surface area contributed by atoms with Crippen LogP contribution in [0.5, 0.6) is 0 Å². The van der Waals surface area contributed by atoms with E-state index in [-0.39, 0.29) is 5.56 Å². The third kappa shape index (κ3) is 2.70. The molecule has 5 heteroatoms. The van der Waals surface area contributed by atoms with E-state index >= 15 is 0 Å². The molecule has 1 aromatic heterocycles. The number of hydrogen-bond donors (Lipinski definition) is 2. The van der Waals surface area contributed by atoms with Gasteiger partial charge < -0.3 is 4.98 Å². The Morgan fingerprint density at radius 1 is 1.50 bits per heavy atom. The van der Waals surface area contributed by atoms with Gasteiger partial charge in [-0.1, -0.05) is 6.92 Å². The highest BCUT2D eigenvalue weighted by Crippen LogP contribution is 2.05. The summed E-state index contributed by atoms with van der Waals surface area (Å²) in [4.78, 5) is 30.5. The molecule has 1 rings (SSSR count). The summed E-state index contributed by atoms with van der Waals surface area (Å²) in [5.74, 6) is -0.516. The number of rotatable bonds is 4. The standard InChI is InChI=1S/C11H16N2O3/c1-4-8-6-9(10(14)12-7(8)3)11(15)13-16-5-2/h6H,4-5H2,1-3H3,(H,12,14)(H,13,15). The molecule has 88 valence electrons. The summed E-state index contributed by atoms with van der Waals surface area (Å²) in [7, 11) is 0. The average Bonchev–Trinajstić information content (AvgIpc) is 2.26. The van der Waals surface area contributed by atoms with Gasteiger partial charge in [-0.25, -0.2) is 5.48 Å². The summed E-state index contributed by atoms with van der Waals surface area (Å²) < 4.78 is 0. The van der Waals surface area contributed by atoms with E-state index in [9.17, 15) is 9.59 Å². The molecule has 0 aliphatic carbocycles. The largest absolute Gasteiger partial charge is 0.326 e. The van der Waals surface area contributed by atoms with E-state index in [1.807, 2.05) is 13.8 Å². The Morgan fingerprint density at radius 2 is 2.19 bits per heavy atom. The lowest BCUT2D eigenvalue weighted by molar-refractivity contribution is 0.0363. The number of aromatic nitrogens is 1. The van der Waals surface area contributed by atoms with Crippen LogP contribution in [0.25, 0.3) is 0 Å². The second-order valence-electron chi connectivity index (χ2n) is 3.38. The second-order valence-corrected chi connectivity index (χ2v) is 3.38. The van der Waals surface area contributed by atoms with Gasteiger partial charge in [0.2, 0.25) is 0 Å². The fraction of sp³-hybridized carbons (Fsp3) is 0.455. The van der Waals surface area contributed by atoms with Gasteiger partial charge in [-0.3, -0.25) is 14.4 Å². The average molecular weight is 224 g/mol. The van der Waals surface area contributed by atoms with E-state index < -0.39 is 11.5 Å². The highest BCUT2D eigenvalue weighted by molar-refractivity contribution is 5.93. The first-order valence-electron chi connectivity index (χ1n) is 5.25. The molecule has 0 spiro atoms. The lowest BCUT2D eigenvalue weighted by atomic mass is 10.1. The number of nitrogens with one attached hydrogen (secondary N) is 2. The predicted octanol–water partition coefficient (Wildman–Crippen LogP) is 0.927. The van der Waals surface area contributed by atoms with Crippen molar-refractivity contribution in [3.63, 3.8) is 0 Å². The molecule has 1 heterocycles. The highest BCUT2D eigenvalue weighted by Gasteiger charge is 2.12. The summed E-state index contributed by atoms with van der Waals surface area (Å²) in [6, 6.07) is 1.60. The molecule has 0 saturated heterocycles. The molecule has 1 amide bonds. The van der Waals surface area contributed by atoms with E-state index in [4.69, 9.17) is 4.84 Å². The van der Waals surface area contributed by atoms with E-state index in [0.29, 0.717) is 6.61 Å². The first kappa shape index (κ1) is 12.4. The number of pyridine rings is 1. The monoisotopic (exact) mass is 224 g/mol. The third-order valence-corrected chi connectivity index (χ3v) is 2.28. The maximum Gasteiger partial charge on any atom is 0.280 e. The van der Waals surface area contributed by atoms with E-state index in [0.717, 1.165) is 17.7 Å². The number of hydroxylamine groups is 1. The Kier molecular flexibility index (Phi) is 4.25. The molecule has 0 aliphatic rings. The molecule has 0 aromatic carbocycles. The van der Waals surface area contributed by atoms with Gasteiger partial charge >= 0.3 is 0 Å². The Balaban J connectivity index is 3.04. The molecule has 0 saturated carbocycles. The minimum Gasteiger partial charge on any atom is -0.326 e. The SMILES string of the molecule is CCONC(=O)c1cc(CC)c(C)[nH]c1=O. The Bertz CT molecular complexity index is 437. The van der Waals surface area contributed by atoms with Crippen molar-refractivity contribution in [3.8, 4) is 0 Å². The molecule has 0 bridgehead atoms. The van der Waals surface area contributed by atoms with Crippen LogP contribution in [0.4, 0.5) is 0 Å². The van der Waals surface area contributed by atoms with Crippen LogP contribution < -0.4 is 11.0 Å². The van der Waals surface area contributed by atoms with Crippen molar-refractivity contribution in [2.75, 3.05) is 6.61 Å². The summed E-state index contributed by atoms with van der Waals surface area (Å²) in [5, 5.41) is 0. The number of carbonyl (C=O) groups is 1. The van der Waals surface area contributed by atoms with Gasteiger partial charge in [0, 0.05) is 5.69 Å². The Morgan fingerprint density at radius 3 is 2.75 bits per heavy atom. The molecule has 5 nitrogen and oxygen atoms in total. The van der Waals surface area contributed by atoms with Gasteiger partial charge in [-0.15, -0.1) is 0 Å². The Hall–Kier alpha value is -1.62. The minimum absolute atomic E-state index is 0.0795. The first-order chi connectivity index (χ1) is 7.60. The van der Waals surface area contributed by atoms with Crippen LogP contribution in [-0.2, 0) is 11.3 Å². The number of amides is 1. The van der Waals surface area contributed by atoms with Crippen LogP contribution in [0.1, 0.15) is 35.5 Å². The highest BCUT2D eigenvalue weighted by atomic mass is 16.6. The topological polar surface area (TPSA) is 71.2 Å². The van der Waals surface area contributed by atoms with E-state index in [1.165, 1.54) is 0 Å². The quantitative estimate of drug-likeness (QED) is 0.747. The fourth-order valence-corrected chi connectivity index (χ4v) is 1.39. The predicted molar refractivity (Wildman–Crippen MR) is 60.3 cm³/mol. The van der Waals surface area contributed by atoms with Crippen molar-refractivity contribution in [1.82, 2.24) is 10.5 Å². The van der Waals surface area contributed by atoms with Crippen LogP contribution in [0.2, 0.25) is 0 Å². The maximum atomic E-state index is 11.5. The molecule has 0 atom stereocenters. The van der Waals surface area contributed by atoms with Crippen LogP contribution >= 0.6 is 0 Å². The van der Waals surface area contributed by atoms with Crippen molar-refractivity contribution in [2.24, 2.45) is 0 Å².